The van der Waals surface area contributed by atoms with Crippen molar-refractivity contribution in [2.45, 2.75) is 6.10 Å². The average molecular weight is 328 g/mol. The number of quaternary nitrogens is 1. The first-order chi connectivity index (χ1) is 11.3. The van der Waals surface area contributed by atoms with Crippen molar-refractivity contribution in [2.24, 2.45) is 0 Å². The first kappa shape index (κ1) is 16.4. The fourth-order valence-electron chi connectivity index (χ4n) is 2.63. The summed E-state index contributed by atoms with van der Waals surface area (Å²) in [5.74, 6) is 0.289. The van der Waals surface area contributed by atoms with Crippen molar-refractivity contribution in [3.05, 3.63) is 36.4 Å². The molecule has 1 unspecified atom stereocenters. The number of benzene rings is 2. The summed E-state index contributed by atoms with van der Waals surface area (Å²) in [6, 6.07) is 10.8. The molecule has 0 aliphatic heterocycles. The van der Waals surface area contributed by atoms with Gasteiger partial charge in [-0.15, -0.1) is 0 Å². The van der Waals surface area contributed by atoms with Crippen molar-refractivity contribution in [2.75, 3.05) is 34.3 Å². The molecular formula is C18H22N3O3+. The summed E-state index contributed by atoms with van der Waals surface area (Å²) in [5, 5.41) is 20.2. The highest BCUT2D eigenvalue weighted by molar-refractivity contribution is 5.87. The molecule has 0 radical (unpaired) electrons. The van der Waals surface area contributed by atoms with Gasteiger partial charge in [0.2, 0.25) is 0 Å². The predicted octanol–water partition coefficient (Wildman–Crippen LogP) is 1.93. The summed E-state index contributed by atoms with van der Waals surface area (Å²) in [6.45, 7) is 0.661. The van der Waals surface area contributed by atoms with Gasteiger partial charge in [-0.3, -0.25) is 0 Å². The molecule has 2 aromatic carbocycles. The van der Waals surface area contributed by atoms with Crippen LogP contribution >= 0.6 is 0 Å². The van der Waals surface area contributed by atoms with Gasteiger partial charge in [0.25, 0.3) is 0 Å². The minimum absolute atomic E-state index is 0.00969. The summed E-state index contributed by atoms with van der Waals surface area (Å²) >= 11 is 0. The standard InChI is InChI=1S/C18H21N3O3/c1-21(2,3)10-12(22)11-24-18-9-16-15(8-17(18)23)19-13-6-4-5-7-14(13)20-16/h4-9,12,22H,10-11H2,1-3H3/p+1. The molecule has 0 bridgehead atoms. The molecule has 3 rings (SSSR count). The van der Waals surface area contributed by atoms with Crippen LogP contribution in [0.1, 0.15) is 0 Å². The lowest BCUT2D eigenvalue weighted by Gasteiger charge is -2.26. The molecule has 3 aromatic rings. The van der Waals surface area contributed by atoms with E-state index in [-0.39, 0.29) is 12.4 Å². The van der Waals surface area contributed by atoms with E-state index in [2.05, 4.69) is 9.97 Å². The van der Waals surface area contributed by atoms with Gasteiger partial charge in [-0.2, -0.15) is 0 Å². The van der Waals surface area contributed by atoms with Crippen LogP contribution in [-0.4, -0.2) is 65.1 Å². The third-order valence-corrected chi connectivity index (χ3v) is 3.61. The Morgan fingerprint density at radius 2 is 1.58 bits per heavy atom. The van der Waals surface area contributed by atoms with Crippen LogP contribution in [0.4, 0.5) is 0 Å². The van der Waals surface area contributed by atoms with Gasteiger partial charge >= 0.3 is 0 Å². The van der Waals surface area contributed by atoms with E-state index in [9.17, 15) is 10.2 Å². The maximum atomic E-state index is 10.1. The van der Waals surface area contributed by atoms with E-state index in [0.717, 1.165) is 11.0 Å². The monoisotopic (exact) mass is 328 g/mol. The molecule has 0 aliphatic carbocycles. The van der Waals surface area contributed by atoms with Crippen LogP contribution in [0.25, 0.3) is 22.1 Å². The Hall–Kier alpha value is -2.44. The predicted molar refractivity (Wildman–Crippen MR) is 93.1 cm³/mol. The van der Waals surface area contributed by atoms with Crippen molar-refractivity contribution in [1.29, 1.82) is 0 Å². The molecule has 126 valence electrons. The van der Waals surface area contributed by atoms with E-state index in [1.807, 2.05) is 45.4 Å². The van der Waals surface area contributed by atoms with Crippen LogP contribution < -0.4 is 4.74 Å². The maximum absolute atomic E-state index is 10.1. The normalized spacial score (nSPS) is 13.3. The van der Waals surface area contributed by atoms with Crippen molar-refractivity contribution in [1.82, 2.24) is 9.97 Å². The minimum atomic E-state index is -0.622. The molecule has 0 spiro atoms. The molecular weight excluding hydrogens is 306 g/mol. The Labute approximate surface area is 140 Å². The average Bonchev–Trinajstić information content (AvgIpc) is 2.49. The highest BCUT2D eigenvalue weighted by Gasteiger charge is 2.17. The number of aromatic hydroxyl groups is 1. The van der Waals surface area contributed by atoms with Crippen LogP contribution in [0.5, 0.6) is 11.5 Å². The molecule has 6 nitrogen and oxygen atoms in total. The first-order valence-electron chi connectivity index (χ1n) is 7.83. The second kappa shape index (κ2) is 6.22. The maximum Gasteiger partial charge on any atom is 0.163 e. The van der Waals surface area contributed by atoms with Gasteiger partial charge in [-0.1, -0.05) is 12.1 Å². The number of aromatic nitrogens is 2. The molecule has 1 heterocycles. The number of fused-ring (bicyclic) bond motifs is 2. The van der Waals surface area contributed by atoms with Crippen LogP contribution in [0, 0.1) is 0 Å². The summed E-state index contributed by atoms with van der Waals surface area (Å²) in [7, 11) is 5.99. The van der Waals surface area contributed by atoms with E-state index < -0.39 is 6.10 Å². The number of rotatable bonds is 5. The van der Waals surface area contributed by atoms with E-state index in [4.69, 9.17) is 4.74 Å². The zero-order valence-electron chi connectivity index (χ0n) is 14.1. The summed E-state index contributed by atoms with van der Waals surface area (Å²) in [6.07, 6.45) is -0.622. The van der Waals surface area contributed by atoms with Gasteiger partial charge in [-0.25, -0.2) is 9.97 Å². The smallest absolute Gasteiger partial charge is 0.163 e. The van der Waals surface area contributed by atoms with Gasteiger partial charge in [0.1, 0.15) is 19.3 Å². The minimum Gasteiger partial charge on any atom is -0.504 e. The molecule has 0 amide bonds. The fraction of sp³-hybridized carbons (Fsp3) is 0.333. The lowest BCUT2D eigenvalue weighted by Crippen LogP contribution is -2.43. The Kier molecular flexibility index (Phi) is 4.26. The number of likely N-dealkylation sites (N-methyl/N-ethyl adjacent to an activating group) is 1. The molecule has 0 fully saturated rings. The highest BCUT2D eigenvalue weighted by Crippen LogP contribution is 2.31. The van der Waals surface area contributed by atoms with Gasteiger partial charge in [0.05, 0.1) is 43.2 Å². The van der Waals surface area contributed by atoms with E-state index in [1.54, 1.807) is 6.07 Å². The van der Waals surface area contributed by atoms with Crippen molar-refractivity contribution >= 4 is 22.1 Å². The van der Waals surface area contributed by atoms with Crippen molar-refractivity contribution in [3.63, 3.8) is 0 Å². The quantitative estimate of drug-likeness (QED) is 0.553. The number of phenols is 1. The fourth-order valence-corrected chi connectivity index (χ4v) is 2.63. The van der Waals surface area contributed by atoms with Gasteiger partial charge in [0.15, 0.2) is 11.5 Å². The zero-order chi connectivity index (χ0) is 17.3. The number of hydrogen-bond donors (Lipinski definition) is 2. The first-order valence-corrected chi connectivity index (χ1v) is 7.83. The van der Waals surface area contributed by atoms with Crippen LogP contribution in [0.3, 0.4) is 0 Å². The lowest BCUT2D eigenvalue weighted by atomic mass is 10.2. The van der Waals surface area contributed by atoms with Gasteiger partial charge in [-0.05, 0) is 12.1 Å². The Bertz CT molecular complexity index is 874. The second-order valence-electron chi connectivity index (χ2n) is 6.96. The second-order valence-corrected chi connectivity index (χ2v) is 6.96. The number of aliphatic hydroxyl groups excluding tert-OH is 1. The highest BCUT2D eigenvalue weighted by atomic mass is 16.5. The number of phenolic OH excluding ortho intramolecular Hbond substituents is 1. The van der Waals surface area contributed by atoms with Crippen LogP contribution in [0.15, 0.2) is 36.4 Å². The molecule has 1 aromatic heterocycles. The van der Waals surface area contributed by atoms with Crippen molar-refractivity contribution < 1.29 is 19.4 Å². The number of ether oxygens (including phenoxy) is 1. The van der Waals surface area contributed by atoms with Gasteiger partial charge < -0.3 is 19.4 Å². The SMILES string of the molecule is C[N+](C)(C)CC(O)COc1cc2nc3ccccc3nc2cc1O. The van der Waals surface area contributed by atoms with Crippen LogP contribution in [0.2, 0.25) is 0 Å². The molecule has 6 heteroatoms. The molecule has 0 saturated heterocycles. The van der Waals surface area contributed by atoms with E-state index in [0.29, 0.717) is 27.8 Å². The third kappa shape index (κ3) is 3.72. The number of para-hydroxylation sites is 2. The Balaban J connectivity index is 1.86. The topological polar surface area (TPSA) is 75.5 Å². The molecule has 2 N–H and O–H groups in total. The Morgan fingerprint density at radius 1 is 1.00 bits per heavy atom. The summed E-state index contributed by atoms with van der Waals surface area (Å²) in [4.78, 5) is 9.04. The van der Waals surface area contributed by atoms with Gasteiger partial charge in [0, 0.05) is 12.1 Å². The number of aliphatic hydroxyl groups is 1. The van der Waals surface area contributed by atoms with Crippen LogP contribution in [-0.2, 0) is 0 Å². The van der Waals surface area contributed by atoms with E-state index >= 15 is 0 Å². The summed E-state index contributed by atoms with van der Waals surface area (Å²) in [5.41, 5.74) is 2.80. The molecule has 1 atom stereocenters. The molecule has 0 saturated carbocycles. The lowest BCUT2D eigenvalue weighted by molar-refractivity contribution is -0.873. The van der Waals surface area contributed by atoms with E-state index in [1.165, 1.54) is 6.07 Å². The van der Waals surface area contributed by atoms with Crippen molar-refractivity contribution in [3.8, 4) is 11.5 Å². The largest absolute Gasteiger partial charge is 0.504 e. The number of nitrogens with zero attached hydrogens (tertiary/aromatic N) is 3. The Morgan fingerprint density at radius 3 is 2.17 bits per heavy atom. The zero-order valence-corrected chi connectivity index (χ0v) is 14.1. The summed E-state index contributed by atoms with van der Waals surface area (Å²) < 4.78 is 6.22. The molecule has 0 aliphatic rings. The molecule has 24 heavy (non-hydrogen) atoms. The number of hydrogen-bond acceptors (Lipinski definition) is 5. The third-order valence-electron chi connectivity index (χ3n) is 3.61.